The molecule has 2 aromatic rings. The van der Waals surface area contributed by atoms with Crippen LogP contribution in [-0.4, -0.2) is 5.78 Å². The van der Waals surface area contributed by atoms with Gasteiger partial charge in [0.2, 0.25) is 0 Å². The third-order valence-electron chi connectivity index (χ3n) is 2.77. The standard InChI is InChI=1S/C14H7BrClF3O/c1-6-4-8(11(18)5-10(6)17)14(20)7-2-3-9(15)12(16)13(7)19/h2-5H,1H3. The molecule has 0 unspecified atom stereocenters. The number of aryl methyl sites for hydroxylation is 1. The average Bonchev–Trinajstić information content (AvgIpc) is 2.40. The maximum Gasteiger partial charge on any atom is 0.198 e. The quantitative estimate of drug-likeness (QED) is 0.538. The first-order chi connectivity index (χ1) is 9.32. The smallest absolute Gasteiger partial charge is 0.198 e. The zero-order valence-electron chi connectivity index (χ0n) is 10.1. The van der Waals surface area contributed by atoms with Crippen LogP contribution in [0.4, 0.5) is 13.2 Å². The van der Waals surface area contributed by atoms with Crippen LogP contribution in [0.1, 0.15) is 21.5 Å². The Hall–Kier alpha value is -1.33. The Labute approximate surface area is 126 Å². The second-order valence-corrected chi connectivity index (χ2v) is 5.37. The summed E-state index contributed by atoms with van der Waals surface area (Å²) in [4.78, 5) is 12.1. The van der Waals surface area contributed by atoms with Gasteiger partial charge in [0, 0.05) is 10.5 Å². The van der Waals surface area contributed by atoms with Crippen LogP contribution in [0, 0.1) is 24.4 Å². The van der Waals surface area contributed by atoms with Gasteiger partial charge in [0.1, 0.15) is 11.6 Å². The molecule has 0 spiro atoms. The zero-order chi connectivity index (χ0) is 15.0. The van der Waals surface area contributed by atoms with E-state index >= 15 is 0 Å². The van der Waals surface area contributed by atoms with E-state index in [1.807, 2.05) is 0 Å². The molecule has 0 aliphatic rings. The summed E-state index contributed by atoms with van der Waals surface area (Å²) in [6.07, 6.45) is 0. The first-order valence-corrected chi connectivity index (χ1v) is 6.64. The van der Waals surface area contributed by atoms with Crippen LogP contribution in [0.25, 0.3) is 0 Å². The SMILES string of the molecule is Cc1cc(C(=O)c2ccc(Br)c(Cl)c2F)c(F)cc1F. The van der Waals surface area contributed by atoms with E-state index in [4.69, 9.17) is 11.6 Å². The molecule has 0 bridgehead atoms. The van der Waals surface area contributed by atoms with Gasteiger partial charge < -0.3 is 0 Å². The van der Waals surface area contributed by atoms with Gasteiger partial charge in [-0.1, -0.05) is 11.6 Å². The van der Waals surface area contributed by atoms with Gasteiger partial charge in [-0.3, -0.25) is 4.79 Å². The maximum atomic E-state index is 13.9. The molecule has 0 atom stereocenters. The summed E-state index contributed by atoms with van der Waals surface area (Å²) >= 11 is 8.70. The number of ketones is 1. The molecule has 0 aliphatic heterocycles. The van der Waals surface area contributed by atoms with Crippen molar-refractivity contribution >= 4 is 33.3 Å². The normalized spacial score (nSPS) is 10.7. The van der Waals surface area contributed by atoms with Crippen molar-refractivity contribution < 1.29 is 18.0 Å². The highest BCUT2D eigenvalue weighted by molar-refractivity contribution is 9.10. The van der Waals surface area contributed by atoms with E-state index in [0.717, 1.165) is 6.07 Å². The predicted octanol–water partition coefficient (Wildman–Crippen LogP) is 5.06. The molecule has 0 radical (unpaired) electrons. The Morgan fingerprint density at radius 2 is 1.75 bits per heavy atom. The maximum absolute atomic E-state index is 13.9. The molecule has 20 heavy (non-hydrogen) atoms. The van der Waals surface area contributed by atoms with Crippen LogP contribution in [0.15, 0.2) is 28.7 Å². The molecule has 0 saturated carbocycles. The third kappa shape index (κ3) is 2.60. The highest BCUT2D eigenvalue weighted by Crippen LogP contribution is 2.29. The van der Waals surface area contributed by atoms with Gasteiger partial charge in [-0.25, -0.2) is 13.2 Å². The number of carbonyl (C=O) groups is 1. The Kier molecular flexibility index (Phi) is 4.20. The number of rotatable bonds is 2. The second kappa shape index (κ2) is 5.58. The van der Waals surface area contributed by atoms with Gasteiger partial charge in [-0.05, 0) is 46.6 Å². The number of halogens is 5. The van der Waals surface area contributed by atoms with Crippen molar-refractivity contribution in [3.8, 4) is 0 Å². The lowest BCUT2D eigenvalue weighted by Gasteiger charge is -2.08. The highest BCUT2D eigenvalue weighted by Gasteiger charge is 2.21. The number of benzene rings is 2. The summed E-state index contributed by atoms with van der Waals surface area (Å²) < 4.78 is 41.0. The van der Waals surface area contributed by atoms with Crippen molar-refractivity contribution in [1.29, 1.82) is 0 Å². The van der Waals surface area contributed by atoms with Crippen molar-refractivity contribution in [3.05, 3.63) is 67.9 Å². The van der Waals surface area contributed by atoms with Crippen LogP contribution < -0.4 is 0 Å². The lowest BCUT2D eigenvalue weighted by atomic mass is 10.0. The van der Waals surface area contributed by atoms with Crippen LogP contribution in [0.2, 0.25) is 5.02 Å². The molecule has 0 heterocycles. The molecule has 0 amide bonds. The molecule has 0 aromatic heterocycles. The first-order valence-electron chi connectivity index (χ1n) is 5.46. The van der Waals surface area contributed by atoms with E-state index in [9.17, 15) is 18.0 Å². The Morgan fingerprint density at radius 3 is 2.40 bits per heavy atom. The minimum Gasteiger partial charge on any atom is -0.288 e. The van der Waals surface area contributed by atoms with E-state index in [0.29, 0.717) is 6.07 Å². The first kappa shape index (κ1) is 15.1. The van der Waals surface area contributed by atoms with Gasteiger partial charge >= 0.3 is 0 Å². The Bertz CT molecular complexity index is 712. The second-order valence-electron chi connectivity index (χ2n) is 4.13. The monoisotopic (exact) mass is 362 g/mol. The van der Waals surface area contributed by atoms with Crippen molar-refractivity contribution in [2.24, 2.45) is 0 Å². The lowest BCUT2D eigenvalue weighted by molar-refractivity contribution is 0.103. The Balaban J connectivity index is 2.58. The van der Waals surface area contributed by atoms with Gasteiger partial charge in [-0.2, -0.15) is 0 Å². The molecular formula is C14H7BrClF3O. The van der Waals surface area contributed by atoms with Crippen molar-refractivity contribution in [2.45, 2.75) is 6.92 Å². The van der Waals surface area contributed by atoms with E-state index in [-0.39, 0.29) is 20.6 Å². The molecule has 0 aliphatic carbocycles. The summed E-state index contributed by atoms with van der Waals surface area (Å²) in [6, 6.07) is 4.21. The van der Waals surface area contributed by atoms with Crippen LogP contribution in [0.3, 0.4) is 0 Å². The fourth-order valence-electron chi connectivity index (χ4n) is 1.68. The molecule has 0 saturated heterocycles. The zero-order valence-corrected chi connectivity index (χ0v) is 12.4. The topological polar surface area (TPSA) is 17.1 Å². The molecule has 2 rings (SSSR count). The van der Waals surface area contributed by atoms with Crippen molar-refractivity contribution in [1.82, 2.24) is 0 Å². The van der Waals surface area contributed by atoms with Crippen LogP contribution >= 0.6 is 27.5 Å². The summed E-state index contributed by atoms with van der Waals surface area (Å²) in [5.74, 6) is -3.66. The van der Waals surface area contributed by atoms with Gasteiger partial charge in [0.25, 0.3) is 0 Å². The molecule has 6 heteroatoms. The number of carbonyl (C=O) groups excluding carboxylic acids is 1. The molecule has 2 aromatic carbocycles. The van der Waals surface area contributed by atoms with Gasteiger partial charge in [0.05, 0.1) is 16.1 Å². The fraction of sp³-hybridized carbons (Fsp3) is 0.0714. The van der Waals surface area contributed by atoms with E-state index in [2.05, 4.69) is 15.9 Å². The number of hydrogen-bond acceptors (Lipinski definition) is 1. The highest BCUT2D eigenvalue weighted by atomic mass is 79.9. The molecule has 1 nitrogen and oxygen atoms in total. The lowest BCUT2D eigenvalue weighted by Crippen LogP contribution is -2.08. The molecular weight excluding hydrogens is 357 g/mol. The summed E-state index contributed by atoms with van der Waals surface area (Å²) in [5.41, 5.74) is -0.678. The fourth-order valence-corrected chi connectivity index (χ4v) is 2.15. The summed E-state index contributed by atoms with van der Waals surface area (Å²) in [7, 11) is 0. The summed E-state index contributed by atoms with van der Waals surface area (Å²) in [5, 5.41) is -0.268. The molecule has 0 fully saturated rings. The van der Waals surface area contributed by atoms with Gasteiger partial charge in [-0.15, -0.1) is 0 Å². The van der Waals surface area contributed by atoms with Crippen molar-refractivity contribution in [3.63, 3.8) is 0 Å². The van der Waals surface area contributed by atoms with Crippen LogP contribution in [-0.2, 0) is 0 Å². The van der Waals surface area contributed by atoms with Crippen LogP contribution in [0.5, 0.6) is 0 Å². The predicted molar refractivity (Wildman–Crippen MR) is 73.6 cm³/mol. The minimum atomic E-state index is -1.04. The third-order valence-corrected chi connectivity index (χ3v) is 4.03. The van der Waals surface area contributed by atoms with E-state index in [1.54, 1.807) is 0 Å². The molecule has 0 N–H and O–H groups in total. The van der Waals surface area contributed by atoms with Crippen molar-refractivity contribution in [2.75, 3.05) is 0 Å². The average molecular weight is 364 g/mol. The summed E-state index contributed by atoms with van der Waals surface area (Å²) in [6.45, 7) is 1.39. The van der Waals surface area contributed by atoms with E-state index in [1.165, 1.54) is 19.1 Å². The minimum absolute atomic E-state index is 0.0957. The van der Waals surface area contributed by atoms with Gasteiger partial charge in [0.15, 0.2) is 11.6 Å². The van der Waals surface area contributed by atoms with E-state index < -0.39 is 28.8 Å². The number of hydrogen-bond donors (Lipinski definition) is 0. The molecule has 104 valence electrons. The largest absolute Gasteiger partial charge is 0.288 e. The Morgan fingerprint density at radius 1 is 1.10 bits per heavy atom.